The largest absolute Gasteiger partial charge is 0.491 e. The zero-order valence-electron chi connectivity index (χ0n) is 33.1. The van der Waals surface area contributed by atoms with Crippen LogP contribution in [0.4, 0.5) is 25.8 Å². The third-order valence-corrected chi connectivity index (χ3v) is 11.1. The van der Waals surface area contributed by atoms with Gasteiger partial charge in [0.2, 0.25) is 5.79 Å². The van der Waals surface area contributed by atoms with E-state index in [0.29, 0.717) is 11.4 Å². The number of hydrogen-bond acceptors (Lipinski definition) is 11. The lowest BCUT2D eigenvalue weighted by atomic mass is 10.0. The molecule has 4 heterocycles. The van der Waals surface area contributed by atoms with E-state index in [0.717, 1.165) is 55.4 Å². The minimum atomic E-state index is -1.53. The summed E-state index contributed by atoms with van der Waals surface area (Å²) < 4.78 is 51.4. The number of aliphatic carboxylic acids is 1. The van der Waals surface area contributed by atoms with Crippen molar-refractivity contribution in [3.05, 3.63) is 144 Å². The molecule has 2 fully saturated rings. The molecule has 2 aromatic heterocycles. The maximum absolute atomic E-state index is 14.9. The summed E-state index contributed by atoms with van der Waals surface area (Å²) in [5, 5.41) is 18.1. The van der Waals surface area contributed by atoms with Crippen molar-refractivity contribution in [3.8, 4) is 11.4 Å². The van der Waals surface area contributed by atoms with Gasteiger partial charge in [0.25, 0.3) is 0 Å². The van der Waals surface area contributed by atoms with E-state index in [9.17, 15) is 23.5 Å². The minimum absolute atomic E-state index is 0.0151. The van der Waals surface area contributed by atoms with Crippen LogP contribution in [0.3, 0.4) is 0 Å². The molecule has 0 saturated carbocycles. The highest BCUT2D eigenvalue weighted by atomic mass is 19.1. The van der Waals surface area contributed by atoms with E-state index in [1.54, 1.807) is 4.90 Å². The van der Waals surface area contributed by atoms with Crippen LogP contribution >= 0.6 is 0 Å². The second kappa shape index (κ2) is 17.3. The van der Waals surface area contributed by atoms with Crippen LogP contribution in [-0.2, 0) is 26.6 Å². The summed E-state index contributed by atoms with van der Waals surface area (Å²) in [6.45, 7) is 7.03. The molecule has 312 valence electrons. The Morgan fingerprint density at radius 1 is 0.900 bits per heavy atom. The number of carbonyl (C=O) groups is 1. The lowest BCUT2D eigenvalue weighted by Gasteiger charge is -2.37. The van der Waals surface area contributed by atoms with E-state index in [1.165, 1.54) is 39.0 Å². The van der Waals surface area contributed by atoms with Crippen LogP contribution in [0.5, 0.6) is 5.75 Å². The maximum Gasteiger partial charge on any atom is 0.350 e. The first-order valence-corrected chi connectivity index (χ1v) is 19.7. The number of hydrogen-bond donors (Lipinski definition) is 1. The molecule has 0 radical (unpaired) electrons. The molecule has 0 spiro atoms. The van der Waals surface area contributed by atoms with E-state index in [-0.39, 0.29) is 43.6 Å². The molecule has 2 saturated heterocycles. The molecule has 17 heteroatoms. The SMILES string of the molecule is CC(C(C)n1ncn(-c2ccc(N3CCN(c4ccc(OCC5COC(Cn6cncn6)(c6ccc(F)cc6F)O5)cc4)CC3)cc2)c1=O)N(CC(=O)O)c1ccccc1. The van der Waals surface area contributed by atoms with Crippen LogP contribution in [0.15, 0.2) is 121 Å². The predicted molar refractivity (Wildman–Crippen MR) is 219 cm³/mol. The molecular formula is C43H45F2N9O6. The van der Waals surface area contributed by atoms with E-state index in [2.05, 4.69) is 25.0 Å². The Morgan fingerprint density at radius 3 is 2.20 bits per heavy atom. The number of piperazine rings is 1. The van der Waals surface area contributed by atoms with Crippen LogP contribution in [0.25, 0.3) is 5.69 Å². The average Bonchev–Trinajstić information content (AvgIpc) is 4.03. The number of halogens is 2. The molecule has 1 N–H and O–H groups in total. The molecule has 4 aromatic carbocycles. The Labute approximate surface area is 344 Å². The molecule has 8 rings (SSSR count). The Balaban J connectivity index is 0.842. The quantitative estimate of drug-likeness (QED) is 0.147. The molecule has 4 unspecified atom stereocenters. The third kappa shape index (κ3) is 8.58. The molecule has 0 bridgehead atoms. The Kier molecular flexibility index (Phi) is 11.6. The van der Waals surface area contributed by atoms with Gasteiger partial charge in [-0.2, -0.15) is 10.2 Å². The second-order valence-electron chi connectivity index (χ2n) is 14.9. The molecule has 0 aliphatic carbocycles. The summed E-state index contributed by atoms with van der Waals surface area (Å²) in [5.74, 6) is -3.34. The van der Waals surface area contributed by atoms with Crippen LogP contribution < -0.4 is 25.1 Å². The van der Waals surface area contributed by atoms with Gasteiger partial charge in [0.15, 0.2) is 0 Å². The summed E-state index contributed by atoms with van der Waals surface area (Å²) >= 11 is 0. The van der Waals surface area contributed by atoms with E-state index < -0.39 is 35.5 Å². The zero-order chi connectivity index (χ0) is 41.8. The normalized spacial score (nSPS) is 19.0. The summed E-state index contributed by atoms with van der Waals surface area (Å²) in [5.41, 5.74) is 3.30. The van der Waals surface area contributed by atoms with Gasteiger partial charge in [-0.15, -0.1) is 0 Å². The van der Waals surface area contributed by atoms with Crippen molar-refractivity contribution in [2.45, 2.75) is 44.4 Å². The van der Waals surface area contributed by atoms with Crippen molar-refractivity contribution in [1.29, 1.82) is 0 Å². The lowest BCUT2D eigenvalue weighted by Crippen LogP contribution is -2.46. The smallest absolute Gasteiger partial charge is 0.350 e. The first-order chi connectivity index (χ1) is 29.1. The average molecular weight is 822 g/mol. The van der Waals surface area contributed by atoms with Crippen molar-refractivity contribution in [1.82, 2.24) is 29.1 Å². The summed E-state index contributed by atoms with van der Waals surface area (Å²) in [6, 6.07) is 27.5. The fraction of sp³-hybridized carbons (Fsp3) is 0.326. The molecule has 60 heavy (non-hydrogen) atoms. The van der Waals surface area contributed by atoms with Crippen molar-refractivity contribution in [2.24, 2.45) is 0 Å². The van der Waals surface area contributed by atoms with Gasteiger partial charge in [0, 0.05) is 60.9 Å². The molecule has 0 amide bonds. The first kappa shape index (κ1) is 40.2. The zero-order valence-corrected chi connectivity index (χ0v) is 33.1. The topological polar surface area (TPSA) is 145 Å². The van der Waals surface area contributed by atoms with E-state index in [1.807, 2.05) is 92.7 Å². The fourth-order valence-electron chi connectivity index (χ4n) is 7.74. The monoisotopic (exact) mass is 821 g/mol. The number of carboxylic acid groups (broad SMARTS) is 1. The number of aromatic nitrogens is 6. The van der Waals surface area contributed by atoms with E-state index in [4.69, 9.17) is 14.2 Å². The highest BCUT2D eigenvalue weighted by Crippen LogP contribution is 2.38. The molecule has 2 aliphatic heterocycles. The van der Waals surface area contributed by atoms with Crippen molar-refractivity contribution < 1.29 is 32.9 Å². The van der Waals surface area contributed by atoms with Crippen molar-refractivity contribution >= 4 is 23.0 Å². The lowest BCUT2D eigenvalue weighted by molar-refractivity contribution is -0.192. The summed E-state index contributed by atoms with van der Waals surface area (Å²) in [6.07, 6.45) is 3.80. The predicted octanol–water partition coefficient (Wildman–Crippen LogP) is 5.12. The van der Waals surface area contributed by atoms with Gasteiger partial charge >= 0.3 is 11.7 Å². The standard InChI is InChI=1S/C43H45F2N9O6/c1-30(52(23-41(55)56)35-6-4-3-5-7-35)31(2)54-42(57)53(29-48-54)36-11-9-33(10-12-36)49-18-20-50(21-19-49)34-13-15-37(16-14-34)58-24-38-25-59-43(60-38,26-51-28-46-27-47-51)39-17-8-32(44)22-40(39)45/h3-17,22,27-31,38H,18-21,23-26H2,1-2H3,(H,55,56). The van der Waals surface area contributed by atoms with Gasteiger partial charge in [-0.25, -0.2) is 32.5 Å². The number of carboxylic acids is 1. The van der Waals surface area contributed by atoms with Gasteiger partial charge in [0.1, 0.15) is 62.2 Å². The molecule has 15 nitrogen and oxygen atoms in total. The molecular weight excluding hydrogens is 777 g/mol. The molecule has 2 aliphatic rings. The Morgan fingerprint density at radius 2 is 1.57 bits per heavy atom. The number of ether oxygens (including phenoxy) is 3. The van der Waals surface area contributed by atoms with Gasteiger partial charge in [-0.1, -0.05) is 18.2 Å². The van der Waals surface area contributed by atoms with Crippen molar-refractivity contribution in [2.75, 3.05) is 60.6 Å². The summed E-state index contributed by atoms with van der Waals surface area (Å²) in [7, 11) is 0. The Hall–Kier alpha value is -6.59. The number of benzene rings is 4. The van der Waals surface area contributed by atoms with Crippen LogP contribution in [0.1, 0.15) is 25.5 Å². The number of rotatable bonds is 15. The highest BCUT2D eigenvalue weighted by molar-refractivity contribution is 5.74. The third-order valence-electron chi connectivity index (χ3n) is 11.1. The fourth-order valence-corrected chi connectivity index (χ4v) is 7.74. The molecule has 4 atom stereocenters. The Bertz CT molecular complexity index is 2420. The number of para-hydroxylation sites is 1. The first-order valence-electron chi connectivity index (χ1n) is 19.7. The van der Waals surface area contributed by atoms with Gasteiger partial charge in [0.05, 0.1) is 18.3 Å². The van der Waals surface area contributed by atoms with Crippen LogP contribution in [0, 0.1) is 11.6 Å². The molecule has 6 aromatic rings. The van der Waals surface area contributed by atoms with Crippen molar-refractivity contribution in [3.63, 3.8) is 0 Å². The van der Waals surface area contributed by atoms with Gasteiger partial charge in [-0.05, 0) is 86.6 Å². The van der Waals surface area contributed by atoms with Gasteiger partial charge < -0.3 is 34.0 Å². The summed E-state index contributed by atoms with van der Waals surface area (Å²) in [4.78, 5) is 35.6. The van der Waals surface area contributed by atoms with Crippen LogP contribution in [-0.4, -0.2) is 98.3 Å². The number of anilines is 3. The maximum atomic E-state index is 14.9. The van der Waals surface area contributed by atoms with Crippen LogP contribution in [0.2, 0.25) is 0 Å². The highest BCUT2D eigenvalue weighted by Gasteiger charge is 2.46. The minimum Gasteiger partial charge on any atom is -0.491 e. The van der Waals surface area contributed by atoms with E-state index >= 15 is 0 Å². The van der Waals surface area contributed by atoms with Gasteiger partial charge in [-0.3, -0.25) is 4.79 Å². The second-order valence-corrected chi connectivity index (χ2v) is 14.9. The number of nitrogens with zero attached hydrogens (tertiary/aromatic N) is 9.